The highest BCUT2D eigenvalue weighted by atomic mass is 16.2. The number of amides is 1. The highest BCUT2D eigenvalue weighted by Gasteiger charge is 2.27. The summed E-state index contributed by atoms with van der Waals surface area (Å²) < 4.78 is 3.91. The number of nitrogens with one attached hydrogen (secondary N) is 1. The number of carbonyl (C=O) groups is 1. The summed E-state index contributed by atoms with van der Waals surface area (Å²) in [6.45, 7) is 7.32. The van der Waals surface area contributed by atoms with Gasteiger partial charge in [0.15, 0.2) is 0 Å². The zero-order valence-corrected chi connectivity index (χ0v) is 25.1. The monoisotopic (exact) mass is 577 g/mol. The van der Waals surface area contributed by atoms with E-state index in [1.807, 2.05) is 57.4 Å². The molecule has 11 nitrogen and oxygen atoms in total. The first-order valence-electron chi connectivity index (χ1n) is 14.9. The summed E-state index contributed by atoms with van der Waals surface area (Å²) in [7, 11) is 1.97. The Bertz CT molecular complexity index is 1720. The molecular formula is C32H37N10O+. The van der Waals surface area contributed by atoms with Gasteiger partial charge in [0.1, 0.15) is 17.8 Å². The first-order chi connectivity index (χ1) is 20.8. The second-order valence-corrected chi connectivity index (χ2v) is 11.6. The third-order valence-corrected chi connectivity index (χ3v) is 8.23. The normalized spacial score (nSPS) is 15.3. The van der Waals surface area contributed by atoms with Gasteiger partial charge in [-0.05, 0) is 50.7 Å². The van der Waals surface area contributed by atoms with E-state index >= 15 is 0 Å². The maximum absolute atomic E-state index is 11.7. The van der Waals surface area contributed by atoms with Crippen LogP contribution in [0.2, 0.25) is 0 Å². The van der Waals surface area contributed by atoms with Crippen LogP contribution in [0.1, 0.15) is 56.5 Å². The minimum absolute atomic E-state index is 0.129. The first-order valence-corrected chi connectivity index (χ1v) is 14.9. The number of anilines is 2. The molecule has 4 aromatic rings. The Balaban J connectivity index is 1.25. The molecule has 4 heterocycles. The Hall–Kier alpha value is -4.82. The number of likely N-dealkylation sites (tertiary alicyclic amines) is 1. The van der Waals surface area contributed by atoms with Gasteiger partial charge in [0.05, 0.1) is 41.0 Å². The van der Waals surface area contributed by atoms with E-state index in [0.717, 1.165) is 83.8 Å². The molecule has 220 valence electrons. The lowest BCUT2D eigenvalue weighted by Crippen LogP contribution is -2.82. The molecule has 1 fully saturated rings. The van der Waals surface area contributed by atoms with Gasteiger partial charge in [0, 0.05) is 50.6 Å². The average molecular weight is 578 g/mol. The lowest BCUT2D eigenvalue weighted by molar-refractivity contribution is -0.618. The molecule has 11 heteroatoms. The van der Waals surface area contributed by atoms with Crippen LogP contribution >= 0.6 is 0 Å². The van der Waals surface area contributed by atoms with Crippen molar-refractivity contribution in [2.45, 2.75) is 58.5 Å². The van der Waals surface area contributed by atoms with Crippen LogP contribution in [-0.2, 0) is 24.7 Å². The van der Waals surface area contributed by atoms with Crippen LogP contribution in [0.4, 0.5) is 11.6 Å². The highest BCUT2D eigenvalue weighted by molar-refractivity contribution is 5.85. The zero-order chi connectivity index (χ0) is 30.1. The van der Waals surface area contributed by atoms with Gasteiger partial charge in [-0.3, -0.25) is 14.2 Å². The SMILES string of the molecule is CC(=O)N1CCC(n2cc(Nc3ncc4c(n3)-c3c(nn(C)c3-c3ccc(C(C#N)=C[NH2+]C(C)C)cc3)CC4)cn2)CC1. The van der Waals surface area contributed by atoms with Crippen molar-refractivity contribution in [2.75, 3.05) is 18.4 Å². The van der Waals surface area contributed by atoms with Crippen LogP contribution in [0.3, 0.4) is 0 Å². The van der Waals surface area contributed by atoms with Gasteiger partial charge >= 0.3 is 0 Å². The van der Waals surface area contributed by atoms with Crippen molar-refractivity contribution < 1.29 is 10.1 Å². The van der Waals surface area contributed by atoms with Crippen LogP contribution in [0.5, 0.6) is 0 Å². The quantitative estimate of drug-likeness (QED) is 0.321. The number of hydrogen-bond acceptors (Lipinski definition) is 7. The van der Waals surface area contributed by atoms with Gasteiger partial charge in [-0.15, -0.1) is 0 Å². The predicted octanol–water partition coefficient (Wildman–Crippen LogP) is 3.60. The molecule has 6 rings (SSSR count). The number of nitrogens with two attached hydrogens (primary N) is 1. The second-order valence-electron chi connectivity index (χ2n) is 11.6. The summed E-state index contributed by atoms with van der Waals surface area (Å²) in [5.41, 5.74) is 8.39. The van der Waals surface area contributed by atoms with Crippen molar-refractivity contribution >= 4 is 23.1 Å². The van der Waals surface area contributed by atoms with E-state index in [1.165, 1.54) is 0 Å². The molecule has 0 saturated carbocycles. The van der Waals surface area contributed by atoms with Gasteiger partial charge in [0.25, 0.3) is 0 Å². The molecule has 1 aromatic carbocycles. The van der Waals surface area contributed by atoms with E-state index < -0.39 is 0 Å². The molecule has 0 atom stereocenters. The number of carbonyl (C=O) groups excluding carboxylic acids is 1. The average Bonchev–Trinajstić information content (AvgIpc) is 3.61. The molecule has 3 aromatic heterocycles. The number of fused-ring (bicyclic) bond motifs is 3. The molecule has 1 aliphatic heterocycles. The smallest absolute Gasteiger partial charge is 0.227 e. The number of hydrogen-bond donors (Lipinski definition) is 2. The molecule has 0 bridgehead atoms. The van der Waals surface area contributed by atoms with Crippen LogP contribution in [0.25, 0.3) is 28.1 Å². The number of quaternary nitrogens is 1. The molecule has 43 heavy (non-hydrogen) atoms. The lowest BCUT2D eigenvalue weighted by atomic mass is 9.91. The van der Waals surface area contributed by atoms with E-state index in [2.05, 4.69) is 47.4 Å². The number of aromatic nitrogens is 6. The van der Waals surface area contributed by atoms with Crippen LogP contribution in [-0.4, -0.2) is 59.5 Å². The molecule has 0 radical (unpaired) electrons. The number of benzene rings is 1. The molecular weight excluding hydrogens is 540 g/mol. The number of rotatable bonds is 7. The maximum Gasteiger partial charge on any atom is 0.227 e. The number of piperidine rings is 1. The fraction of sp³-hybridized carbons (Fsp3) is 0.375. The number of aryl methyl sites for hydroxylation is 3. The Morgan fingerprint density at radius 2 is 1.93 bits per heavy atom. The van der Waals surface area contributed by atoms with Crippen LogP contribution in [0.15, 0.2) is 49.1 Å². The third kappa shape index (κ3) is 5.79. The predicted molar refractivity (Wildman–Crippen MR) is 164 cm³/mol. The number of allylic oxidation sites excluding steroid dienone is 1. The molecule has 0 spiro atoms. The lowest BCUT2D eigenvalue weighted by Gasteiger charge is -2.31. The zero-order valence-electron chi connectivity index (χ0n) is 25.1. The Morgan fingerprint density at radius 3 is 2.63 bits per heavy atom. The van der Waals surface area contributed by atoms with E-state index in [1.54, 1.807) is 13.1 Å². The van der Waals surface area contributed by atoms with Crippen molar-refractivity contribution in [2.24, 2.45) is 7.05 Å². The number of nitrogens with zero attached hydrogens (tertiary/aromatic N) is 8. The van der Waals surface area contributed by atoms with Gasteiger partial charge < -0.3 is 15.5 Å². The summed E-state index contributed by atoms with van der Waals surface area (Å²) in [5, 5.41) is 24.5. The second kappa shape index (κ2) is 11.8. The van der Waals surface area contributed by atoms with Crippen molar-refractivity contribution in [1.29, 1.82) is 5.26 Å². The van der Waals surface area contributed by atoms with E-state index in [0.29, 0.717) is 17.6 Å². The fourth-order valence-corrected chi connectivity index (χ4v) is 5.93. The van der Waals surface area contributed by atoms with Crippen molar-refractivity contribution in [1.82, 2.24) is 34.4 Å². The van der Waals surface area contributed by atoms with Crippen molar-refractivity contribution in [3.05, 3.63) is 65.9 Å². The summed E-state index contributed by atoms with van der Waals surface area (Å²) in [6.07, 6.45) is 11.0. The van der Waals surface area contributed by atoms with Gasteiger partial charge in [-0.2, -0.15) is 15.5 Å². The number of nitriles is 1. The van der Waals surface area contributed by atoms with Gasteiger partial charge in [-0.1, -0.05) is 24.3 Å². The Morgan fingerprint density at radius 1 is 1.16 bits per heavy atom. The van der Waals surface area contributed by atoms with Crippen LogP contribution < -0.4 is 10.6 Å². The molecule has 1 amide bonds. The maximum atomic E-state index is 11.7. The van der Waals surface area contributed by atoms with Crippen LogP contribution in [0, 0.1) is 11.3 Å². The molecule has 1 aliphatic carbocycles. The Kier molecular flexibility index (Phi) is 7.78. The minimum atomic E-state index is 0.129. The molecule has 0 unspecified atom stereocenters. The van der Waals surface area contributed by atoms with E-state index in [4.69, 9.17) is 10.1 Å². The fourth-order valence-electron chi connectivity index (χ4n) is 5.93. The molecule has 3 N–H and O–H groups in total. The summed E-state index contributed by atoms with van der Waals surface area (Å²) in [6, 6.07) is 11.1. The highest BCUT2D eigenvalue weighted by Crippen LogP contribution is 2.40. The minimum Gasteiger partial charge on any atom is -0.343 e. The van der Waals surface area contributed by atoms with Crippen molar-refractivity contribution in [3.8, 4) is 28.6 Å². The van der Waals surface area contributed by atoms with Crippen molar-refractivity contribution in [3.63, 3.8) is 0 Å². The standard InChI is InChI=1S/C32H36N10O/c1-20(2)34-17-25(15-33)22-5-7-23(8-6-22)31-29-28(39-40(31)4)10-9-24-16-35-32(38-30(24)29)37-26-18-36-42(19-26)27-11-13-41(14-12-27)21(3)43/h5-8,16-20,27,34H,9-14H2,1-4H3,(H,35,37,38)/p+1. The van der Waals surface area contributed by atoms with E-state index in [9.17, 15) is 10.1 Å². The first kappa shape index (κ1) is 28.3. The van der Waals surface area contributed by atoms with Gasteiger partial charge in [-0.25, -0.2) is 9.97 Å². The molecule has 1 saturated heterocycles. The summed E-state index contributed by atoms with van der Waals surface area (Å²) >= 11 is 0. The largest absolute Gasteiger partial charge is 0.343 e. The Labute approximate surface area is 251 Å². The summed E-state index contributed by atoms with van der Waals surface area (Å²) in [4.78, 5) is 23.2. The molecule has 2 aliphatic rings. The van der Waals surface area contributed by atoms with Gasteiger partial charge in [0.2, 0.25) is 11.9 Å². The summed E-state index contributed by atoms with van der Waals surface area (Å²) in [5.74, 6) is 0.636. The third-order valence-electron chi connectivity index (χ3n) is 8.23. The topological polar surface area (TPSA) is 134 Å². The van der Waals surface area contributed by atoms with E-state index in [-0.39, 0.29) is 11.9 Å².